The average Bonchev–Trinajstić information content (AvgIpc) is 2.59. The number of hydrogen-bond donors (Lipinski definition) is 2. The summed E-state index contributed by atoms with van der Waals surface area (Å²) in [7, 11) is 0. The Morgan fingerprint density at radius 1 is 0.793 bits per heavy atom. The van der Waals surface area contributed by atoms with Crippen LogP contribution in [0.1, 0.15) is 87.5 Å². The van der Waals surface area contributed by atoms with Gasteiger partial charge in [0.1, 0.15) is 0 Å². The molecule has 4 unspecified atom stereocenters. The van der Waals surface area contributed by atoms with Crippen LogP contribution >= 0.6 is 0 Å². The number of nitrogens with one attached hydrogen (secondary N) is 2. The van der Waals surface area contributed by atoms with Crippen LogP contribution in [0.3, 0.4) is 0 Å². The molecule has 2 aliphatic rings. The zero-order valence-corrected chi connectivity index (χ0v) is 19.6. The number of amides is 2. The maximum atomic E-state index is 12.3. The van der Waals surface area contributed by atoms with E-state index < -0.39 is 0 Å². The molecule has 0 aromatic rings. The van der Waals surface area contributed by atoms with Crippen molar-refractivity contribution in [2.24, 2.45) is 10.8 Å². The van der Waals surface area contributed by atoms with E-state index in [-0.39, 0.29) is 59.1 Å². The predicted octanol–water partition coefficient (Wildman–Crippen LogP) is 3.57. The molecule has 0 saturated heterocycles. The molecule has 0 aliphatic heterocycles. The number of hydrogen-bond acceptors (Lipinski definition) is 4. The Labute approximate surface area is 176 Å². The van der Waals surface area contributed by atoms with Crippen molar-refractivity contribution in [1.82, 2.24) is 10.6 Å². The largest absolute Gasteiger partial charge is 0.375 e. The van der Waals surface area contributed by atoms with E-state index in [0.717, 1.165) is 12.8 Å². The Hall–Kier alpha value is -1.14. The summed E-state index contributed by atoms with van der Waals surface area (Å²) in [4.78, 5) is 24.6. The molecule has 0 radical (unpaired) electrons. The van der Waals surface area contributed by atoms with Crippen molar-refractivity contribution in [3.63, 3.8) is 0 Å². The van der Waals surface area contributed by atoms with E-state index in [0.29, 0.717) is 19.3 Å². The molecule has 2 rings (SSSR count). The van der Waals surface area contributed by atoms with Crippen LogP contribution in [0.15, 0.2) is 0 Å². The molecule has 6 heteroatoms. The van der Waals surface area contributed by atoms with Gasteiger partial charge >= 0.3 is 0 Å². The van der Waals surface area contributed by atoms with E-state index in [1.807, 2.05) is 27.7 Å². The molecule has 29 heavy (non-hydrogen) atoms. The molecule has 2 N–H and O–H groups in total. The van der Waals surface area contributed by atoms with Gasteiger partial charge in [-0.25, -0.2) is 0 Å². The third-order valence-electron chi connectivity index (χ3n) is 6.71. The van der Waals surface area contributed by atoms with Crippen molar-refractivity contribution in [3.05, 3.63) is 0 Å². The highest BCUT2D eigenvalue weighted by molar-refractivity contribution is 5.79. The molecule has 2 fully saturated rings. The molecular weight excluding hydrogens is 368 g/mol. The second-order valence-electron chi connectivity index (χ2n) is 10.6. The molecule has 0 bridgehead atoms. The summed E-state index contributed by atoms with van der Waals surface area (Å²) in [6.07, 6.45) is 3.80. The van der Waals surface area contributed by atoms with Crippen molar-refractivity contribution < 1.29 is 19.1 Å². The normalized spacial score (nSPS) is 29.9. The topological polar surface area (TPSA) is 76.7 Å². The summed E-state index contributed by atoms with van der Waals surface area (Å²) in [6, 6.07) is 0.280. The molecule has 6 nitrogen and oxygen atoms in total. The highest BCUT2D eigenvalue weighted by atomic mass is 16.5. The summed E-state index contributed by atoms with van der Waals surface area (Å²) in [5.74, 6) is 0.0430. The van der Waals surface area contributed by atoms with Crippen LogP contribution in [0.4, 0.5) is 0 Å². The quantitative estimate of drug-likeness (QED) is 0.577. The molecule has 4 atom stereocenters. The molecule has 0 heterocycles. The van der Waals surface area contributed by atoms with E-state index in [4.69, 9.17) is 9.47 Å². The molecule has 168 valence electrons. The van der Waals surface area contributed by atoms with Gasteiger partial charge in [-0.1, -0.05) is 27.7 Å². The first-order chi connectivity index (χ1) is 13.3. The van der Waals surface area contributed by atoms with Crippen LogP contribution in [0.25, 0.3) is 0 Å². The summed E-state index contributed by atoms with van der Waals surface area (Å²) in [5.41, 5.74) is -0.108. The molecule has 0 aromatic carbocycles. The van der Waals surface area contributed by atoms with Crippen molar-refractivity contribution >= 4 is 11.8 Å². The second-order valence-corrected chi connectivity index (χ2v) is 10.6. The highest BCUT2D eigenvalue weighted by Gasteiger charge is 2.50. The van der Waals surface area contributed by atoms with Crippen LogP contribution in [-0.2, 0) is 19.1 Å². The standard InChI is InChI=1S/C23H42N2O4/c1-14(2)28-18-12-16(22(18,5)6)24-20(26)10-9-11-21(27)25-17-13-19(23(17,7)8)29-15(3)4/h14-19H,9-13H2,1-8H3,(H,24,26)(H,25,27). The molecule has 2 aliphatic carbocycles. The number of ether oxygens (including phenoxy) is 2. The van der Waals surface area contributed by atoms with Gasteiger partial charge in [0, 0.05) is 35.8 Å². The lowest BCUT2D eigenvalue weighted by Crippen LogP contribution is -2.62. The first-order valence-electron chi connectivity index (χ1n) is 11.2. The molecule has 2 amide bonds. The van der Waals surface area contributed by atoms with Gasteiger partial charge in [0.25, 0.3) is 0 Å². The van der Waals surface area contributed by atoms with Gasteiger partial charge in [0.05, 0.1) is 24.4 Å². The Balaban J connectivity index is 1.64. The first-order valence-corrected chi connectivity index (χ1v) is 11.2. The Kier molecular flexibility index (Phi) is 7.77. The summed E-state index contributed by atoms with van der Waals surface area (Å²) in [5, 5.41) is 6.23. The van der Waals surface area contributed by atoms with Crippen molar-refractivity contribution in [1.29, 1.82) is 0 Å². The van der Waals surface area contributed by atoms with Crippen LogP contribution < -0.4 is 10.6 Å². The van der Waals surface area contributed by atoms with Crippen LogP contribution in [0.5, 0.6) is 0 Å². The number of carbonyl (C=O) groups is 2. The monoisotopic (exact) mass is 410 g/mol. The third kappa shape index (κ3) is 5.94. The fourth-order valence-corrected chi connectivity index (χ4v) is 4.32. The molecule has 2 saturated carbocycles. The minimum Gasteiger partial charge on any atom is -0.375 e. The molecular formula is C23H42N2O4. The summed E-state index contributed by atoms with van der Waals surface area (Å²) < 4.78 is 11.8. The van der Waals surface area contributed by atoms with Crippen LogP contribution in [0.2, 0.25) is 0 Å². The Morgan fingerprint density at radius 3 is 1.41 bits per heavy atom. The first kappa shape index (κ1) is 24.1. The zero-order valence-electron chi connectivity index (χ0n) is 19.6. The van der Waals surface area contributed by atoms with Gasteiger partial charge in [-0.05, 0) is 47.0 Å². The maximum absolute atomic E-state index is 12.3. The van der Waals surface area contributed by atoms with Gasteiger partial charge in [-0.2, -0.15) is 0 Å². The third-order valence-corrected chi connectivity index (χ3v) is 6.71. The van der Waals surface area contributed by atoms with Gasteiger partial charge in [0.2, 0.25) is 11.8 Å². The zero-order chi connectivity index (χ0) is 22.0. The molecule has 0 spiro atoms. The fraction of sp³-hybridized carbons (Fsp3) is 0.913. The van der Waals surface area contributed by atoms with Gasteiger partial charge in [-0.3, -0.25) is 9.59 Å². The minimum atomic E-state index is -0.0539. The van der Waals surface area contributed by atoms with Crippen LogP contribution in [0, 0.1) is 10.8 Å². The van der Waals surface area contributed by atoms with E-state index >= 15 is 0 Å². The minimum absolute atomic E-state index is 0.0215. The predicted molar refractivity (Wildman–Crippen MR) is 115 cm³/mol. The van der Waals surface area contributed by atoms with E-state index in [1.54, 1.807) is 0 Å². The van der Waals surface area contributed by atoms with E-state index in [9.17, 15) is 9.59 Å². The fourth-order valence-electron chi connectivity index (χ4n) is 4.32. The highest BCUT2D eigenvalue weighted by Crippen LogP contribution is 2.44. The average molecular weight is 411 g/mol. The van der Waals surface area contributed by atoms with Crippen molar-refractivity contribution in [2.45, 2.75) is 124 Å². The van der Waals surface area contributed by atoms with E-state index in [2.05, 4.69) is 38.3 Å². The lowest BCUT2D eigenvalue weighted by molar-refractivity contribution is -0.148. The van der Waals surface area contributed by atoms with E-state index in [1.165, 1.54) is 0 Å². The molecule has 0 aromatic heterocycles. The number of carbonyl (C=O) groups excluding carboxylic acids is 2. The van der Waals surface area contributed by atoms with Crippen molar-refractivity contribution in [2.75, 3.05) is 0 Å². The van der Waals surface area contributed by atoms with Crippen molar-refractivity contribution in [3.8, 4) is 0 Å². The SMILES string of the molecule is CC(C)OC1CC(NC(=O)CCCC(=O)NC2CC(OC(C)C)C2(C)C)C1(C)C. The summed E-state index contributed by atoms with van der Waals surface area (Å²) >= 11 is 0. The second kappa shape index (κ2) is 9.34. The lowest BCUT2D eigenvalue weighted by atomic mass is 9.64. The summed E-state index contributed by atoms with van der Waals surface area (Å²) in [6.45, 7) is 16.7. The van der Waals surface area contributed by atoms with Gasteiger partial charge in [-0.15, -0.1) is 0 Å². The lowest BCUT2D eigenvalue weighted by Gasteiger charge is -2.52. The number of rotatable bonds is 10. The Morgan fingerprint density at radius 2 is 1.14 bits per heavy atom. The smallest absolute Gasteiger partial charge is 0.220 e. The maximum Gasteiger partial charge on any atom is 0.220 e. The van der Waals surface area contributed by atoms with Crippen LogP contribution in [-0.4, -0.2) is 48.3 Å². The van der Waals surface area contributed by atoms with Gasteiger partial charge < -0.3 is 20.1 Å². The Bertz CT molecular complexity index is 535. The van der Waals surface area contributed by atoms with Gasteiger partial charge in [0.15, 0.2) is 0 Å².